The lowest BCUT2D eigenvalue weighted by molar-refractivity contribution is 0.0551. The van der Waals surface area contributed by atoms with Crippen molar-refractivity contribution < 1.29 is 4.74 Å². The molecule has 0 aromatic heterocycles. The molecular formula is C9H18N2O. The number of hydrogen-bond donors (Lipinski definition) is 1. The van der Waals surface area contributed by atoms with Gasteiger partial charge in [0.2, 0.25) is 0 Å². The summed E-state index contributed by atoms with van der Waals surface area (Å²) in [4.78, 5) is 4.22. The van der Waals surface area contributed by atoms with Crippen LogP contribution in [0, 0.1) is 0 Å². The molecular weight excluding hydrogens is 152 g/mol. The molecule has 0 amide bonds. The Balaban J connectivity index is 2.71. The third-order valence-electron chi connectivity index (χ3n) is 2.60. The normalized spacial score (nSPS) is 23.0. The van der Waals surface area contributed by atoms with Crippen LogP contribution in [0.15, 0.2) is 4.99 Å². The van der Waals surface area contributed by atoms with Gasteiger partial charge in [0.25, 0.3) is 0 Å². The summed E-state index contributed by atoms with van der Waals surface area (Å²) in [6.07, 6.45) is 4.46. The smallest absolute Gasteiger partial charge is 0.126 e. The van der Waals surface area contributed by atoms with Gasteiger partial charge in [-0.25, -0.2) is 0 Å². The monoisotopic (exact) mass is 170 g/mol. The van der Waals surface area contributed by atoms with Gasteiger partial charge in [-0.15, -0.1) is 0 Å². The number of nitrogens with two attached hydrogens (primary N) is 1. The third-order valence-corrected chi connectivity index (χ3v) is 2.60. The predicted molar refractivity (Wildman–Crippen MR) is 50.4 cm³/mol. The van der Waals surface area contributed by atoms with Crippen LogP contribution in [-0.4, -0.2) is 25.1 Å². The molecule has 1 aliphatic carbocycles. The maximum absolute atomic E-state index is 5.86. The summed E-state index contributed by atoms with van der Waals surface area (Å²) < 4.78 is 5.46. The highest BCUT2D eigenvalue weighted by Gasteiger charge is 2.37. The summed E-state index contributed by atoms with van der Waals surface area (Å²) in [6, 6.07) is 0. The lowest BCUT2D eigenvalue weighted by Gasteiger charge is -2.26. The number of ether oxygens (including phenoxy) is 1. The minimum absolute atomic E-state index is 0.226. The molecule has 1 rings (SSSR count). The Morgan fingerprint density at radius 3 is 2.50 bits per heavy atom. The number of nitrogens with zero attached hydrogens (tertiary/aromatic N) is 1. The first kappa shape index (κ1) is 9.52. The highest BCUT2D eigenvalue weighted by molar-refractivity contribution is 5.89. The van der Waals surface area contributed by atoms with E-state index in [2.05, 4.69) is 4.99 Å². The zero-order valence-electron chi connectivity index (χ0n) is 7.97. The van der Waals surface area contributed by atoms with Crippen LogP contribution in [0.3, 0.4) is 0 Å². The van der Waals surface area contributed by atoms with Gasteiger partial charge < -0.3 is 10.5 Å². The summed E-state index contributed by atoms with van der Waals surface area (Å²) in [7, 11) is 1.73. The summed E-state index contributed by atoms with van der Waals surface area (Å²) >= 11 is 0. The zero-order valence-corrected chi connectivity index (χ0v) is 7.97. The van der Waals surface area contributed by atoms with Crippen molar-refractivity contribution in [3.05, 3.63) is 0 Å². The Kier molecular flexibility index (Phi) is 3.09. The maximum atomic E-state index is 5.86. The van der Waals surface area contributed by atoms with Crippen LogP contribution in [-0.2, 0) is 4.74 Å². The van der Waals surface area contributed by atoms with Gasteiger partial charge >= 0.3 is 0 Å². The van der Waals surface area contributed by atoms with Crippen LogP contribution in [0.25, 0.3) is 0 Å². The predicted octanol–water partition coefficient (Wildman–Crippen LogP) is 1.32. The average Bonchev–Trinajstić information content (AvgIpc) is 2.54. The highest BCUT2D eigenvalue weighted by Crippen LogP contribution is 2.32. The van der Waals surface area contributed by atoms with E-state index in [1.807, 2.05) is 6.92 Å². The zero-order chi connectivity index (χ0) is 9.03. The molecule has 0 saturated heterocycles. The summed E-state index contributed by atoms with van der Waals surface area (Å²) in [6.45, 7) is 2.74. The van der Waals surface area contributed by atoms with Crippen molar-refractivity contribution in [2.45, 2.75) is 38.2 Å². The number of amidine groups is 1. The van der Waals surface area contributed by atoms with E-state index in [-0.39, 0.29) is 5.60 Å². The van der Waals surface area contributed by atoms with E-state index >= 15 is 0 Å². The molecule has 1 aliphatic rings. The number of methoxy groups -OCH3 is 1. The van der Waals surface area contributed by atoms with Gasteiger partial charge in [0.15, 0.2) is 0 Å². The first-order chi connectivity index (χ1) is 5.75. The van der Waals surface area contributed by atoms with E-state index in [1.165, 1.54) is 12.8 Å². The van der Waals surface area contributed by atoms with Crippen LogP contribution in [0.1, 0.15) is 32.6 Å². The topological polar surface area (TPSA) is 47.6 Å². The van der Waals surface area contributed by atoms with E-state index < -0.39 is 0 Å². The third kappa shape index (κ3) is 1.61. The second kappa shape index (κ2) is 3.90. The fourth-order valence-corrected chi connectivity index (χ4v) is 1.83. The summed E-state index contributed by atoms with van der Waals surface area (Å²) in [5.74, 6) is 0.685. The molecule has 70 valence electrons. The van der Waals surface area contributed by atoms with Crippen molar-refractivity contribution >= 4 is 5.84 Å². The molecule has 1 fully saturated rings. The Bertz CT molecular complexity index is 171. The Labute approximate surface area is 74.0 Å². The van der Waals surface area contributed by atoms with E-state index in [0.717, 1.165) is 19.4 Å². The molecule has 3 nitrogen and oxygen atoms in total. The van der Waals surface area contributed by atoms with Gasteiger partial charge in [-0.3, -0.25) is 4.99 Å². The molecule has 3 heteroatoms. The molecule has 0 radical (unpaired) electrons. The Morgan fingerprint density at radius 1 is 1.50 bits per heavy atom. The van der Waals surface area contributed by atoms with Crippen LogP contribution in [0.5, 0.6) is 0 Å². The second-order valence-electron chi connectivity index (χ2n) is 3.27. The highest BCUT2D eigenvalue weighted by atomic mass is 16.5. The molecule has 0 bridgehead atoms. The number of rotatable bonds is 3. The van der Waals surface area contributed by atoms with Gasteiger partial charge in [-0.05, 0) is 32.6 Å². The van der Waals surface area contributed by atoms with Gasteiger partial charge in [-0.2, -0.15) is 0 Å². The fraction of sp³-hybridized carbons (Fsp3) is 0.889. The molecule has 0 spiro atoms. The maximum Gasteiger partial charge on any atom is 0.126 e. The number of aliphatic imine (C=N–C) groups is 1. The van der Waals surface area contributed by atoms with Gasteiger partial charge in [-0.1, -0.05) is 0 Å². The molecule has 0 atom stereocenters. The van der Waals surface area contributed by atoms with Crippen molar-refractivity contribution in [3.8, 4) is 0 Å². The van der Waals surface area contributed by atoms with Gasteiger partial charge in [0, 0.05) is 13.7 Å². The van der Waals surface area contributed by atoms with Crippen molar-refractivity contribution in [2.75, 3.05) is 13.7 Å². The minimum Gasteiger partial charge on any atom is -0.385 e. The largest absolute Gasteiger partial charge is 0.385 e. The number of hydrogen-bond acceptors (Lipinski definition) is 2. The molecule has 0 aliphatic heterocycles. The van der Waals surface area contributed by atoms with Crippen LogP contribution < -0.4 is 5.73 Å². The average molecular weight is 170 g/mol. The lowest BCUT2D eigenvalue weighted by Crippen LogP contribution is -2.43. The second-order valence-corrected chi connectivity index (χ2v) is 3.27. The van der Waals surface area contributed by atoms with Gasteiger partial charge in [0.1, 0.15) is 11.4 Å². The fourth-order valence-electron chi connectivity index (χ4n) is 1.83. The molecule has 0 aromatic carbocycles. The molecule has 0 aromatic rings. The lowest BCUT2D eigenvalue weighted by atomic mass is 10.0. The quantitative estimate of drug-likeness (QED) is 0.513. The molecule has 0 heterocycles. The van der Waals surface area contributed by atoms with E-state index in [0.29, 0.717) is 5.84 Å². The van der Waals surface area contributed by atoms with E-state index in [4.69, 9.17) is 10.5 Å². The van der Waals surface area contributed by atoms with E-state index in [1.54, 1.807) is 7.11 Å². The van der Waals surface area contributed by atoms with Crippen LogP contribution in [0.4, 0.5) is 0 Å². The molecule has 1 saturated carbocycles. The first-order valence-corrected chi connectivity index (χ1v) is 4.61. The summed E-state index contributed by atoms with van der Waals surface area (Å²) in [5, 5.41) is 0. The standard InChI is InChI=1S/C9H18N2O/c1-3-11-8(10)9(12-2)6-4-5-7-9/h3-7H2,1-2H3,(H2,10,11). The van der Waals surface area contributed by atoms with Crippen molar-refractivity contribution in [1.82, 2.24) is 0 Å². The van der Waals surface area contributed by atoms with E-state index in [9.17, 15) is 0 Å². The van der Waals surface area contributed by atoms with Crippen LogP contribution >= 0.6 is 0 Å². The molecule has 12 heavy (non-hydrogen) atoms. The minimum atomic E-state index is -0.226. The summed E-state index contributed by atoms with van der Waals surface area (Å²) in [5.41, 5.74) is 5.63. The molecule has 0 unspecified atom stereocenters. The van der Waals surface area contributed by atoms with Crippen LogP contribution in [0.2, 0.25) is 0 Å². The van der Waals surface area contributed by atoms with Crippen molar-refractivity contribution in [1.29, 1.82) is 0 Å². The molecule has 2 N–H and O–H groups in total. The van der Waals surface area contributed by atoms with Crippen molar-refractivity contribution in [3.63, 3.8) is 0 Å². The Hall–Kier alpha value is -0.570. The Morgan fingerprint density at radius 2 is 2.08 bits per heavy atom. The SMILES string of the molecule is CCN=C(N)C1(OC)CCCC1. The first-order valence-electron chi connectivity index (χ1n) is 4.61. The van der Waals surface area contributed by atoms with Gasteiger partial charge in [0.05, 0.1) is 0 Å². The van der Waals surface area contributed by atoms with Crippen molar-refractivity contribution in [2.24, 2.45) is 10.7 Å².